The maximum Gasteiger partial charge on any atom is 0.238 e. The number of allylic oxidation sites excluding steroid dienone is 1. The summed E-state index contributed by atoms with van der Waals surface area (Å²) in [6, 6.07) is 3.85. The molecule has 2 aromatic rings. The molecule has 24 heavy (non-hydrogen) atoms. The van der Waals surface area contributed by atoms with Gasteiger partial charge in [0.15, 0.2) is 5.82 Å². The molecule has 0 saturated carbocycles. The molecule has 0 amide bonds. The maximum absolute atomic E-state index is 10.2. The Morgan fingerprint density at radius 2 is 2.12 bits per heavy atom. The SMILES string of the molecule is CCN1CCN(c2nc(O)c(C=C3C=Nc4ncccc43)[nH]2)CC1. The first-order valence-electron chi connectivity index (χ1n) is 8.22. The van der Waals surface area contributed by atoms with Gasteiger partial charge in [0.25, 0.3) is 0 Å². The minimum atomic E-state index is 0.0150. The van der Waals surface area contributed by atoms with E-state index in [1.54, 1.807) is 12.4 Å². The van der Waals surface area contributed by atoms with Crippen molar-refractivity contribution in [2.45, 2.75) is 6.92 Å². The van der Waals surface area contributed by atoms with E-state index in [1.165, 1.54) is 0 Å². The van der Waals surface area contributed by atoms with Crippen LogP contribution in [-0.4, -0.2) is 63.9 Å². The van der Waals surface area contributed by atoms with Gasteiger partial charge in [-0.25, -0.2) is 9.98 Å². The van der Waals surface area contributed by atoms with Gasteiger partial charge in [-0.1, -0.05) is 6.92 Å². The number of piperazine rings is 1. The van der Waals surface area contributed by atoms with Gasteiger partial charge < -0.3 is 19.9 Å². The molecule has 0 unspecified atom stereocenters. The van der Waals surface area contributed by atoms with Crippen molar-refractivity contribution in [3.8, 4) is 5.88 Å². The number of aromatic amines is 1. The van der Waals surface area contributed by atoms with Crippen LogP contribution in [0.25, 0.3) is 11.6 Å². The number of imidazole rings is 1. The zero-order valence-corrected chi connectivity index (χ0v) is 13.6. The first kappa shape index (κ1) is 14.9. The normalized spacial score (nSPS) is 19.2. The number of likely N-dealkylation sites (N-methyl/N-ethyl adjacent to an activating group) is 1. The van der Waals surface area contributed by atoms with Crippen molar-refractivity contribution >= 4 is 29.6 Å². The van der Waals surface area contributed by atoms with E-state index in [-0.39, 0.29) is 5.88 Å². The average Bonchev–Trinajstić information content (AvgIpc) is 3.20. The molecule has 1 fully saturated rings. The van der Waals surface area contributed by atoms with Gasteiger partial charge >= 0.3 is 0 Å². The molecule has 2 N–H and O–H groups in total. The first-order valence-corrected chi connectivity index (χ1v) is 8.22. The largest absolute Gasteiger partial charge is 0.492 e. The van der Waals surface area contributed by atoms with Gasteiger partial charge in [0.1, 0.15) is 5.69 Å². The van der Waals surface area contributed by atoms with Crippen molar-refractivity contribution in [2.75, 3.05) is 37.6 Å². The van der Waals surface area contributed by atoms with Crippen LogP contribution in [0.1, 0.15) is 18.2 Å². The molecule has 4 rings (SSSR count). The molecule has 0 atom stereocenters. The number of pyridine rings is 1. The molecule has 2 aromatic heterocycles. The van der Waals surface area contributed by atoms with E-state index >= 15 is 0 Å². The minimum Gasteiger partial charge on any atom is -0.492 e. The van der Waals surface area contributed by atoms with E-state index in [4.69, 9.17) is 0 Å². The summed E-state index contributed by atoms with van der Waals surface area (Å²) in [6.45, 7) is 7.09. The van der Waals surface area contributed by atoms with E-state index < -0.39 is 0 Å². The number of aliphatic imine (C=N–C) groups is 1. The van der Waals surface area contributed by atoms with Gasteiger partial charge in [-0.3, -0.25) is 0 Å². The number of aromatic hydroxyl groups is 1. The molecule has 0 aliphatic carbocycles. The van der Waals surface area contributed by atoms with E-state index in [0.29, 0.717) is 11.5 Å². The number of anilines is 1. The highest BCUT2D eigenvalue weighted by Crippen LogP contribution is 2.32. The summed E-state index contributed by atoms with van der Waals surface area (Å²) in [4.78, 5) is 20.6. The fourth-order valence-electron chi connectivity index (χ4n) is 3.09. The standard InChI is InChI=1S/C17H20N6O/c1-2-22-6-8-23(9-7-22)17-20-14(16(24)21-17)10-12-11-19-15-13(12)4-3-5-18-15/h3-5,10-11,24H,2,6-9H2,1H3,(H,20,21). The summed E-state index contributed by atoms with van der Waals surface area (Å²) in [7, 11) is 0. The topological polar surface area (TPSA) is 80.6 Å². The Labute approximate surface area is 140 Å². The average molecular weight is 324 g/mol. The van der Waals surface area contributed by atoms with Crippen LogP contribution >= 0.6 is 0 Å². The van der Waals surface area contributed by atoms with Crippen LogP contribution in [0.5, 0.6) is 5.88 Å². The molecule has 0 aromatic carbocycles. The molecule has 124 valence electrons. The summed E-state index contributed by atoms with van der Waals surface area (Å²) in [5.74, 6) is 1.44. The second-order valence-electron chi connectivity index (χ2n) is 5.95. The zero-order valence-electron chi connectivity index (χ0n) is 13.6. The van der Waals surface area contributed by atoms with Crippen molar-refractivity contribution in [1.82, 2.24) is 19.9 Å². The molecule has 7 nitrogen and oxygen atoms in total. The summed E-state index contributed by atoms with van der Waals surface area (Å²) in [5.41, 5.74) is 2.48. The van der Waals surface area contributed by atoms with E-state index in [0.717, 1.165) is 49.8 Å². The molecule has 0 radical (unpaired) electrons. The van der Waals surface area contributed by atoms with Crippen molar-refractivity contribution < 1.29 is 5.11 Å². The summed E-state index contributed by atoms with van der Waals surface area (Å²) in [5, 5.41) is 10.2. The molecular formula is C17H20N6O. The van der Waals surface area contributed by atoms with Crippen LogP contribution in [-0.2, 0) is 0 Å². The van der Waals surface area contributed by atoms with Crippen molar-refractivity contribution in [3.63, 3.8) is 0 Å². The lowest BCUT2D eigenvalue weighted by molar-refractivity contribution is 0.270. The Bertz CT molecular complexity index is 801. The molecule has 4 heterocycles. The molecule has 0 bridgehead atoms. The number of fused-ring (bicyclic) bond motifs is 1. The van der Waals surface area contributed by atoms with Crippen LogP contribution in [0.4, 0.5) is 11.8 Å². The second kappa shape index (κ2) is 6.09. The van der Waals surface area contributed by atoms with Crippen molar-refractivity contribution in [2.24, 2.45) is 4.99 Å². The smallest absolute Gasteiger partial charge is 0.238 e. The number of hydrogen-bond donors (Lipinski definition) is 2. The first-order chi connectivity index (χ1) is 11.7. The highest BCUT2D eigenvalue weighted by molar-refractivity contribution is 6.20. The Kier molecular flexibility index (Phi) is 3.78. The quantitative estimate of drug-likeness (QED) is 0.901. The zero-order chi connectivity index (χ0) is 16.5. The lowest BCUT2D eigenvalue weighted by Crippen LogP contribution is -2.46. The number of nitrogens with zero attached hydrogens (tertiary/aromatic N) is 5. The maximum atomic E-state index is 10.2. The van der Waals surface area contributed by atoms with Crippen LogP contribution < -0.4 is 4.90 Å². The Morgan fingerprint density at radius 3 is 2.92 bits per heavy atom. The highest BCUT2D eigenvalue weighted by Gasteiger charge is 2.20. The van der Waals surface area contributed by atoms with Crippen LogP contribution in [0.2, 0.25) is 0 Å². The van der Waals surface area contributed by atoms with Crippen molar-refractivity contribution in [3.05, 3.63) is 29.6 Å². The van der Waals surface area contributed by atoms with Gasteiger partial charge in [-0.15, -0.1) is 0 Å². The van der Waals surface area contributed by atoms with Crippen LogP contribution in [0, 0.1) is 0 Å². The summed E-state index contributed by atoms with van der Waals surface area (Å²) in [6.07, 6.45) is 5.35. The monoisotopic (exact) mass is 324 g/mol. The fraction of sp³-hybridized carbons (Fsp3) is 0.353. The van der Waals surface area contributed by atoms with Crippen molar-refractivity contribution in [1.29, 1.82) is 0 Å². The second-order valence-corrected chi connectivity index (χ2v) is 5.95. The van der Waals surface area contributed by atoms with E-state index in [1.807, 2.05) is 18.2 Å². The number of nitrogens with one attached hydrogen (secondary N) is 1. The van der Waals surface area contributed by atoms with Gasteiger partial charge in [0, 0.05) is 49.7 Å². The number of rotatable bonds is 3. The fourth-order valence-corrected chi connectivity index (χ4v) is 3.09. The third-order valence-corrected chi connectivity index (χ3v) is 4.54. The van der Waals surface area contributed by atoms with Gasteiger partial charge in [-0.05, 0) is 24.8 Å². The number of H-pyrrole nitrogens is 1. The van der Waals surface area contributed by atoms with Gasteiger partial charge in [0.05, 0.1) is 0 Å². The minimum absolute atomic E-state index is 0.0150. The van der Waals surface area contributed by atoms with E-state index in [9.17, 15) is 5.11 Å². The predicted molar refractivity (Wildman–Crippen MR) is 94.8 cm³/mol. The predicted octanol–water partition coefficient (Wildman–Crippen LogP) is 1.91. The Balaban J connectivity index is 1.57. The number of aromatic nitrogens is 3. The summed E-state index contributed by atoms with van der Waals surface area (Å²) >= 11 is 0. The molecule has 2 aliphatic rings. The van der Waals surface area contributed by atoms with Crippen LogP contribution in [0.15, 0.2) is 23.3 Å². The highest BCUT2D eigenvalue weighted by atomic mass is 16.3. The summed E-state index contributed by atoms with van der Waals surface area (Å²) < 4.78 is 0. The molecule has 0 spiro atoms. The third kappa shape index (κ3) is 2.67. The molecule has 7 heteroatoms. The van der Waals surface area contributed by atoms with Gasteiger partial charge in [-0.2, -0.15) is 4.98 Å². The lowest BCUT2D eigenvalue weighted by Gasteiger charge is -2.33. The Hall–Kier alpha value is -2.67. The van der Waals surface area contributed by atoms with Gasteiger partial charge in [0.2, 0.25) is 11.8 Å². The number of hydrogen-bond acceptors (Lipinski definition) is 6. The third-order valence-electron chi connectivity index (χ3n) is 4.54. The molecule has 2 aliphatic heterocycles. The Morgan fingerprint density at radius 1 is 1.29 bits per heavy atom. The molecule has 1 saturated heterocycles. The lowest BCUT2D eigenvalue weighted by atomic mass is 10.1. The molecular weight excluding hydrogens is 304 g/mol. The van der Waals surface area contributed by atoms with Crippen LogP contribution in [0.3, 0.4) is 0 Å². The van der Waals surface area contributed by atoms with E-state index in [2.05, 4.69) is 36.7 Å².